The summed E-state index contributed by atoms with van der Waals surface area (Å²) in [6.07, 6.45) is -11.8. The second-order valence-electron chi connectivity index (χ2n) is 3.77. The molecule has 1 heterocycles. The van der Waals surface area contributed by atoms with Crippen LogP contribution in [0, 0.1) is 0 Å². The normalized spacial score (nSPS) is 22.2. The van der Waals surface area contributed by atoms with Crippen LogP contribution in [-0.4, -0.2) is 35.5 Å². The van der Waals surface area contributed by atoms with Crippen molar-refractivity contribution in [1.82, 2.24) is 4.90 Å². The van der Waals surface area contributed by atoms with Gasteiger partial charge in [0.25, 0.3) is 0 Å². The maximum atomic E-state index is 13.7. The molecule has 1 unspecified atom stereocenters. The van der Waals surface area contributed by atoms with Crippen LogP contribution in [0.2, 0.25) is 0 Å². The van der Waals surface area contributed by atoms with E-state index >= 15 is 0 Å². The van der Waals surface area contributed by atoms with Gasteiger partial charge in [-0.25, -0.2) is 4.39 Å². The van der Waals surface area contributed by atoms with Crippen LogP contribution < -0.4 is 0 Å². The number of hydrogen-bond acceptors (Lipinski definition) is 1. The highest BCUT2D eigenvalue weighted by Crippen LogP contribution is 2.52. The molecule has 0 bridgehead atoms. The molecule has 19 heavy (non-hydrogen) atoms. The lowest BCUT2D eigenvalue weighted by molar-refractivity contribution is -0.325. The van der Waals surface area contributed by atoms with E-state index in [4.69, 9.17) is 23.2 Å². The standard InChI is InChI=1S/C9H6Cl2F7N/c1-19-3-4(2-5(10)6(19)11)7(12,8(13,14)15)9(16,17)18/h2-3,6H,1H3. The Morgan fingerprint density at radius 1 is 1.05 bits per heavy atom. The first-order valence-electron chi connectivity index (χ1n) is 4.60. The number of allylic oxidation sites excluding steroid dienone is 2. The summed E-state index contributed by atoms with van der Waals surface area (Å²) in [5.74, 6) is 0. The molecule has 0 saturated heterocycles. The van der Waals surface area contributed by atoms with Crippen LogP contribution in [0.15, 0.2) is 22.9 Å². The predicted octanol–water partition coefficient (Wildman–Crippen LogP) is 4.34. The molecule has 0 amide bonds. The lowest BCUT2D eigenvalue weighted by Gasteiger charge is -2.35. The van der Waals surface area contributed by atoms with E-state index in [1.807, 2.05) is 0 Å². The van der Waals surface area contributed by atoms with Gasteiger partial charge in [-0.15, -0.1) is 0 Å². The van der Waals surface area contributed by atoms with Crippen LogP contribution in [0.3, 0.4) is 0 Å². The zero-order chi connectivity index (χ0) is 15.2. The highest BCUT2D eigenvalue weighted by atomic mass is 35.5. The molecule has 0 aromatic heterocycles. The first-order chi connectivity index (χ1) is 8.32. The number of nitrogens with zero attached hydrogens (tertiary/aromatic N) is 1. The van der Waals surface area contributed by atoms with Crippen molar-refractivity contribution in [1.29, 1.82) is 0 Å². The molecular weight excluding hydrogens is 326 g/mol. The van der Waals surface area contributed by atoms with Crippen LogP contribution in [0.1, 0.15) is 0 Å². The van der Waals surface area contributed by atoms with Gasteiger partial charge < -0.3 is 4.90 Å². The SMILES string of the molecule is CN1C=C(C(F)(C(F)(F)F)C(F)(F)F)C=C(Cl)C1Cl. The molecule has 1 nitrogen and oxygen atoms in total. The van der Waals surface area contributed by atoms with E-state index < -0.39 is 34.1 Å². The van der Waals surface area contributed by atoms with Gasteiger partial charge >= 0.3 is 18.0 Å². The molecule has 0 aliphatic carbocycles. The zero-order valence-electron chi connectivity index (χ0n) is 9.08. The fourth-order valence-electron chi connectivity index (χ4n) is 1.41. The Hall–Kier alpha value is -0.630. The third-order valence-electron chi connectivity index (χ3n) is 2.40. The van der Waals surface area contributed by atoms with Gasteiger partial charge in [-0.3, -0.25) is 0 Å². The summed E-state index contributed by atoms with van der Waals surface area (Å²) in [5, 5.41) is -0.544. The molecule has 1 aliphatic heterocycles. The van der Waals surface area contributed by atoms with E-state index in [-0.39, 0.29) is 6.08 Å². The van der Waals surface area contributed by atoms with Crippen LogP contribution in [0.4, 0.5) is 30.7 Å². The van der Waals surface area contributed by atoms with Crippen molar-refractivity contribution < 1.29 is 30.7 Å². The number of rotatable bonds is 1. The Morgan fingerprint density at radius 3 is 1.79 bits per heavy atom. The van der Waals surface area contributed by atoms with Crippen molar-refractivity contribution in [3.8, 4) is 0 Å². The Morgan fingerprint density at radius 2 is 1.47 bits per heavy atom. The molecule has 0 aromatic carbocycles. The van der Waals surface area contributed by atoms with Gasteiger partial charge in [-0.1, -0.05) is 23.2 Å². The van der Waals surface area contributed by atoms with Crippen molar-refractivity contribution >= 4 is 23.2 Å². The van der Waals surface area contributed by atoms with Crippen molar-refractivity contribution in [2.75, 3.05) is 7.05 Å². The van der Waals surface area contributed by atoms with E-state index in [0.717, 1.165) is 11.9 Å². The lowest BCUT2D eigenvalue weighted by Crippen LogP contribution is -2.55. The van der Waals surface area contributed by atoms with Crippen LogP contribution in [-0.2, 0) is 0 Å². The molecular formula is C9H6Cl2F7N. The minimum atomic E-state index is -6.18. The van der Waals surface area contributed by atoms with E-state index in [1.165, 1.54) is 0 Å². The van der Waals surface area contributed by atoms with Crippen molar-refractivity contribution in [3.63, 3.8) is 0 Å². The molecule has 110 valence electrons. The van der Waals surface area contributed by atoms with Crippen molar-refractivity contribution in [2.45, 2.75) is 23.5 Å². The average Bonchev–Trinajstić information content (AvgIpc) is 2.20. The quantitative estimate of drug-likeness (QED) is 0.392. The summed E-state index contributed by atoms with van der Waals surface area (Å²) in [6.45, 7) is 0. The van der Waals surface area contributed by atoms with Crippen LogP contribution in [0.25, 0.3) is 0 Å². The summed E-state index contributed by atoms with van der Waals surface area (Å²) < 4.78 is 88.5. The van der Waals surface area contributed by atoms with Gasteiger partial charge in [0, 0.05) is 18.8 Å². The van der Waals surface area contributed by atoms with Gasteiger partial charge in [-0.2, -0.15) is 26.3 Å². The molecule has 0 aromatic rings. The van der Waals surface area contributed by atoms with E-state index in [0.29, 0.717) is 6.20 Å². The van der Waals surface area contributed by atoms with Gasteiger partial charge in [0.05, 0.1) is 5.03 Å². The smallest absolute Gasteiger partial charge is 0.360 e. The van der Waals surface area contributed by atoms with E-state index in [2.05, 4.69) is 0 Å². The second-order valence-corrected chi connectivity index (χ2v) is 4.62. The van der Waals surface area contributed by atoms with Crippen LogP contribution >= 0.6 is 23.2 Å². The second kappa shape index (κ2) is 4.73. The molecule has 0 radical (unpaired) electrons. The van der Waals surface area contributed by atoms with E-state index in [9.17, 15) is 30.7 Å². The molecule has 0 N–H and O–H groups in total. The lowest BCUT2D eigenvalue weighted by atomic mass is 9.93. The van der Waals surface area contributed by atoms with E-state index in [1.54, 1.807) is 0 Å². The monoisotopic (exact) mass is 331 g/mol. The molecule has 1 aliphatic rings. The van der Waals surface area contributed by atoms with Gasteiger partial charge in [0.1, 0.15) is 5.50 Å². The number of alkyl halides is 8. The summed E-state index contributed by atoms with van der Waals surface area (Å²) in [6, 6.07) is 0. The van der Waals surface area contributed by atoms with Crippen molar-refractivity contribution in [2.24, 2.45) is 0 Å². The maximum absolute atomic E-state index is 13.7. The Balaban J connectivity index is 3.42. The summed E-state index contributed by atoms with van der Waals surface area (Å²) in [5.41, 5.74) is -8.33. The number of halogens is 9. The average molecular weight is 332 g/mol. The molecule has 1 atom stereocenters. The number of likely N-dealkylation sites (N-methyl/N-ethyl adjacent to an activating group) is 1. The highest BCUT2D eigenvalue weighted by molar-refractivity contribution is 6.37. The number of hydrogen-bond donors (Lipinski definition) is 0. The highest BCUT2D eigenvalue weighted by Gasteiger charge is 2.74. The van der Waals surface area contributed by atoms with Crippen LogP contribution in [0.5, 0.6) is 0 Å². The summed E-state index contributed by atoms with van der Waals surface area (Å²) in [7, 11) is 1.07. The Kier molecular flexibility index (Phi) is 4.09. The molecule has 0 fully saturated rings. The largest absolute Gasteiger partial charge is 0.436 e. The first kappa shape index (κ1) is 16.4. The molecule has 0 saturated carbocycles. The maximum Gasteiger partial charge on any atom is 0.436 e. The van der Waals surface area contributed by atoms with Crippen molar-refractivity contribution in [3.05, 3.63) is 22.9 Å². The topological polar surface area (TPSA) is 3.24 Å². The molecule has 1 rings (SSSR count). The third kappa shape index (κ3) is 2.65. The Bertz CT molecular complexity index is 409. The fraction of sp³-hybridized carbons (Fsp3) is 0.556. The van der Waals surface area contributed by atoms with Gasteiger partial charge in [-0.05, 0) is 6.08 Å². The zero-order valence-corrected chi connectivity index (χ0v) is 10.6. The molecule has 0 spiro atoms. The minimum absolute atomic E-state index is 0.236. The van der Waals surface area contributed by atoms with Gasteiger partial charge in [0.2, 0.25) is 0 Å². The Labute approximate surface area is 113 Å². The molecule has 10 heteroatoms. The minimum Gasteiger partial charge on any atom is -0.360 e. The third-order valence-corrected chi connectivity index (χ3v) is 3.37. The predicted molar refractivity (Wildman–Crippen MR) is 55.4 cm³/mol. The fourth-order valence-corrected chi connectivity index (χ4v) is 1.80. The van der Waals surface area contributed by atoms with Gasteiger partial charge in [0.15, 0.2) is 0 Å². The summed E-state index contributed by atoms with van der Waals surface area (Å²) in [4.78, 5) is 0.741. The summed E-state index contributed by atoms with van der Waals surface area (Å²) >= 11 is 11.0. The first-order valence-corrected chi connectivity index (χ1v) is 5.41.